The third-order valence-corrected chi connectivity index (χ3v) is 2.25. The quantitative estimate of drug-likeness (QED) is 0.832. The molecule has 0 aliphatic rings. The van der Waals surface area contributed by atoms with Crippen LogP contribution in [0.1, 0.15) is 21.9 Å². The Morgan fingerprint density at radius 1 is 1.53 bits per heavy atom. The van der Waals surface area contributed by atoms with Gasteiger partial charge in [0.15, 0.2) is 0 Å². The number of nitriles is 1. The van der Waals surface area contributed by atoms with Crippen LogP contribution in [-0.4, -0.2) is 25.6 Å². The molecule has 0 spiro atoms. The average molecular weight is 228 g/mol. The van der Waals surface area contributed by atoms with Gasteiger partial charge in [0.1, 0.15) is 11.6 Å². The molecule has 2 aromatic heterocycles. The molecular weight excluding hydrogens is 220 g/mol. The van der Waals surface area contributed by atoms with Crippen LogP contribution >= 0.6 is 0 Å². The Kier molecular flexibility index (Phi) is 2.58. The molecule has 0 unspecified atom stereocenters. The normalized spacial score (nSPS) is 9.88. The van der Waals surface area contributed by atoms with E-state index in [0.717, 1.165) is 0 Å². The van der Waals surface area contributed by atoms with Crippen molar-refractivity contribution < 1.29 is 9.90 Å². The van der Waals surface area contributed by atoms with Gasteiger partial charge in [-0.2, -0.15) is 5.26 Å². The molecule has 6 heteroatoms. The van der Waals surface area contributed by atoms with Crippen molar-refractivity contribution in [3.05, 3.63) is 41.7 Å². The molecule has 1 N–H and O–H groups in total. The number of carbonyl (C=O) groups is 1. The van der Waals surface area contributed by atoms with Crippen molar-refractivity contribution in [2.75, 3.05) is 0 Å². The smallest absolute Gasteiger partial charge is 0.339 e. The highest BCUT2D eigenvalue weighted by Crippen LogP contribution is 2.16. The van der Waals surface area contributed by atoms with Crippen LogP contribution in [0, 0.1) is 18.3 Å². The molecule has 0 amide bonds. The number of aromatic nitrogens is 3. The number of rotatable bonds is 2. The number of carboxylic acid groups (broad SMARTS) is 1. The van der Waals surface area contributed by atoms with Gasteiger partial charge in [-0.05, 0) is 13.0 Å². The number of hydrogen-bond donors (Lipinski definition) is 1. The fraction of sp³-hybridized carbons (Fsp3) is 0.0909. The summed E-state index contributed by atoms with van der Waals surface area (Å²) in [6.07, 6.45) is 4.26. The van der Waals surface area contributed by atoms with Gasteiger partial charge in [-0.25, -0.2) is 9.78 Å². The van der Waals surface area contributed by atoms with E-state index >= 15 is 0 Å². The molecule has 17 heavy (non-hydrogen) atoms. The van der Waals surface area contributed by atoms with Gasteiger partial charge < -0.3 is 5.11 Å². The van der Waals surface area contributed by atoms with Crippen LogP contribution in [0.15, 0.2) is 24.7 Å². The van der Waals surface area contributed by atoms with Gasteiger partial charge in [0.2, 0.25) is 5.82 Å². The topological polar surface area (TPSA) is 91.8 Å². The third-order valence-electron chi connectivity index (χ3n) is 2.25. The van der Waals surface area contributed by atoms with Crippen molar-refractivity contribution in [1.82, 2.24) is 14.5 Å². The maximum absolute atomic E-state index is 11.1. The summed E-state index contributed by atoms with van der Waals surface area (Å²) < 4.78 is 1.43. The van der Waals surface area contributed by atoms with Crippen LogP contribution < -0.4 is 0 Å². The maximum Gasteiger partial charge on any atom is 0.339 e. The predicted molar refractivity (Wildman–Crippen MR) is 57.8 cm³/mol. The first-order valence-corrected chi connectivity index (χ1v) is 4.77. The fourth-order valence-corrected chi connectivity index (χ4v) is 1.49. The van der Waals surface area contributed by atoms with Crippen molar-refractivity contribution in [2.24, 2.45) is 0 Å². The molecule has 2 heterocycles. The van der Waals surface area contributed by atoms with E-state index in [1.54, 1.807) is 19.2 Å². The van der Waals surface area contributed by atoms with Crippen molar-refractivity contribution in [3.63, 3.8) is 0 Å². The number of aromatic carboxylic acids is 1. The first-order chi connectivity index (χ1) is 8.13. The summed E-state index contributed by atoms with van der Waals surface area (Å²) in [6, 6.07) is 3.50. The van der Waals surface area contributed by atoms with Crippen molar-refractivity contribution in [1.29, 1.82) is 5.26 Å². The van der Waals surface area contributed by atoms with Crippen LogP contribution in [0.3, 0.4) is 0 Å². The van der Waals surface area contributed by atoms with E-state index < -0.39 is 5.97 Å². The second kappa shape index (κ2) is 4.06. The number of carboxylic acids is 1. The summed E-state index contributed by atoms with van der Waals surface area (Å²) in [5, 5.41) is 17.9. The Morgan fingerprint density at radius 2 is 2.29 bits per heavy atom. The molecule has 0 saturated carbocycles. The molecule has 0 radical (unpaired) electrons. The van der Waals surface area contributed by atoms with E-state index in [1.807, 2.05) is 6.07 Å². The van der Waals surface area contributed by atoms with Crippen LogP contribution in [0.25, 0.3) is 5.69 Å². The van der Waals surface area contributed by atoms with E-state index in [0.29, 0.717) is 11.4 Å². The van der Waals surface area contributed by atoms with Gasteiger partial charge in [0.25, 0.3) is 0 Å². The summed E-state index contributed by atoms with van der Waals surface area (Å²) >= 11 is 0. The van der Waals surface area contributed by atoms with Gasteiger partial charge in [0.05, 0.1) is 5.69 Å². The second-order valence-corrected chi connectivity index (χ2v) is 3.38. The largest absolute Gasteiger partial charge is 0.478 e. The number of imidazole rings is 1. The molecule has 0 saturated heterocycles. The van der Waals surface area contributed by atoms with Crippen LogP contribution in [-0.2, 0) is 0 Å². The van der Waals surface area contributed by atoms with Gasteiger partial charge in [-0.15, -0.1) is 0 Å². The van der Waals surface area contributed by atoms with E-state index in [2.05, 4.69) is 9.97 Å². The molecular formula is C11H8N4O2. The summed E-state index contributed by atoms with van der Waals surface area (Å²) in [5.74, 6) is -0.955. The molecule has 0 bridgehead atoms. The number of pyridine rings is 1. The first-order valence-electron chi connectivity index (χ1n) is 4.77. The van der Waals surface area contributed by atoms with Crippen LogP contribution in [0.2, 0.25) is 0 Å². The number of aryl methyl sites for hydroxylation is 1. The molecule has 0 aliphatic heterocycles. The lowest BCUT2D eigenvalue weighted by Gasteiger charge is -2.08. The van der Waals surface area contributed by atoms with Gasteiger partial charge in [0, 0.05) is 24.3 Å². The SMILES string of the molecule is Cc1cc(-n2ccnc2C#N)c(C(=O)O)cn1. The molecule has 6 nitrogen and oxygen atoms in total. The van der Waals surface area contributed by atoms with Crippen molar-refractivity contribution in [2.45, 2.75) is 6.92 Å². The molecule has 2 rings (SSSR count). The molecule has 2 aromatic rings. The molecule has 84 valence electrons. The standard InChI is InChI=1S/C11H8N4O2/c1-7-4-9(8(6-14-7)11(16)17)15-3-2-13-10(15)5-12/h2-4,6H,1H3,(H,16,17). The lowest BCUT2D eigenvalue weighted by molar-refractivity contribution is 0.0696. The minimum absolute atomic E-state index is 0.0325. The Bertz CT molecular complexity index is 625. The Labute approximate surface area is 96.8 Å². The zero-order valence-electron chi connectivity index (χ0n) is 8.95. The van der Waals surface area contributed by atoms with Crippen LogP contribution in [0.5, 0.6) is 0 Å². The van der Waals surface area contributed by atoms with E-state index in [9.17, 15) is 4.79 Å². The highest BCUT2D eigenvalue weighted by atomic mass is 16.4. The van der Waals surface area contributed by atoms with E-state index in [1.165, 1.54) is 17.0 Å². The monoisotopic (exact) mass is 228 g/mol. The average Bonchev–Trinajstić information content (AvgIpc) is 2.76. The zero-order valence-corrected chi connectivity index (χ0v) is 8.95. The Morgan fingerprint density at radius 3 is 2.94 bits per heavy atom. The number of hydrogen-bond acceptors (Lipinski definition) is 4. The lowest BCUT2D eigenvalue weighted by Crippen LogP contribution is -2.08. The van der Waals surface area contributed by atoms with Gasteiger partial charge in [-0.3, -0.25) is 9.55 Å². The minimum atomic E-state index is -1.09. The minimum Gasteiger partial charge on any atom is -0.478 e. The molecule has 0 aliphatic carbocycles. The maximum atomic E-state index is 11.1. The summed E-state index contributed by atoms with van der Waals surface area (Å²) in [6.45, 7) is 1.75. The van der Waals surface area contributed by atoms with Crippen molar-refractivity contribution >= 4 is 5.97 Å². The third kappa shape index (κ3) is 1.86. The van der Waals surface area contributed by atoms with Gasteiger partial charge >= 0.3 is 5.97 Å². The van der Waals surface area contributed by atoms with Crippen LogP contribution in [0.4, 0.5) is 0 Å². The second-order valence-electron chi connectivity index (χ2n) is 3.38. The highest BCUT2D eigenvalue weighted by molar-refractivity contribution is 5.91. The molecule has 0 fully saturated rings. The first kappa shape index (κ1) is 10.8. The Balaban J connectivity index is 2.70. The number of nitrogens with zero attached hydrogens (tertiary/aromatic N) is 4. The van der Waals surface area contributed by atoms with E-state index in [4.69, 9.17) is 10.4 Å². The predicted octanol–water partition coefficient (Wildman–Crippen LogP) is 1.15. The fourth-order valence-electron chi connectivity index (χ4n) is 1.49. The lowest BCUT2D eigenvalue weighted by atomic mass is 10.2. The highest BCUT2D eigenvalue weighted by Gasteiger charge is 2.14. The summed E-state index contributed by atoms with van der Waals surface area (Å²) in [4.78, 5) is 18.8. The molecule has 0 atom stereocenters. The molecule has 0 aromatic carbocycles. The summed E-state index contributed by atoms with van der Waals surface area (Å²) in [7, 11) is 0. The zero-order chi connectivity index (χ0) is 12.4. The Hall–Kier alpha value is -2.68. The van der Waals surface area contributed by atoms with Gasteiger partial charge in [-0.1, -0.05) is 0 Å². The van der Waals surface area contributed by atoms with Crippen molar-refractivity contribution in [3.8, 4) is 11.8 Å². The van der Waals surface area contributed by atoms with E-state index in [-0.39, 0.29) is 11.4 Å². The summed E-state index contributed by atoms with van der Waals surface area (Å²) in [5.41, 5.74) is 1.09.